The van der Waals surface area contributed by atoms with Crippen molar-refractivity contribution in [3.8, 4) is 17.6 Å². The number of likely N-dealkylation sites (tertiary alicyclic amines) is 1. The van der Waals surface area contributed by atoms with Crippen LogP contribution in [-0.2, 0) is 4.79 Å². The number of aromatic nitrogens is 1. The van der Waals surface area contributed by atoms with Crippen LogP contribution in [0.3, 0.4) is 0 Å². The van der Waals surface area contributed by atoms with E-state index in [1.807, 2.05) is 41.8 Å². The van der Waals surface area contributed by atoms with Crippen molar-refractivity contribution in [1.29, 1.82) is 0 Å². The molecule has 0 radical (unpaired) electrons. The van der Waals surface area contributed by atoms with Crippen LogP contribution in [-0.4, -0.2) is 52.9 Å². The Bertz CT molecular complexity index is 1190. The summed E-state index contributed by atoms with van der Waals surface area (Å²) in [5, 5.41) is 22.5. The molecule has 8 heteroatoms. The van der Waals surface area contributed by atoms with Gasteiger partial charge in [0.1, 0.15) is 5.75 Å². The van der Waals surface area contributed by atoms with Crippen LogP contribution in [0.15, 0.2) is 48.0 Å². The molecule has 3 N–H and O–H groups in total. The summed E-state index contributed by atoms with van der Waals surface area (Å²) in [6.45, 7) is 2.27. The molecule has 3 aromatic rings. The second-order valence-corrected chi connectivity index (χ2v) is 9.91. The van der Waals surface area contributed by atoms with Crippen molar-refractivity contribution in [2.45, 2.75) is 31.7 Å². The highest BCUT2D eigenvalue weighted by atomic mass is 32.1. The number of aliphatic carboxylic acids is 1. The van der Waals surface area contributed by atoms with Crippen LogP contribution in [0.2, 0.25) is 0 Å². The summed E-state index contributed by atoms with van der Waals surface area (Å²) >= 11 is 1.62. The van der Waals surface area contributed by atoms with E-state index in [1.165, 1.54) is 0 Å². The zero-order valence-corrected chi connectivity index (χ0v) is 20.6. The van der Waals surface area contributed by atoms with Gasteiger partial charge in [-0.05, 0) is 78.9 Å². The molecule has 1 saturated heterocycles. The number of hydrogen-bond donors (Lipinski definition) is 3. The fraction of sp³-hybridized carbons (Fsp3) is 0.407. The molecule has 1 aliphatic heterocycles. The van der Waals surface area contributed by atoms with Gasteiger partial charge in [0.15, 0.2) is 0 Å². The summed E-state index contributed by atoms with van der Waals surface area (Å²) in [6, 6.07) is 11.3. The summed E-state index contributed by atoms with van der Waals surface area (Å²) in [6.07, 6.45) is 4.32. The van der Waals surface area contributed by atoms with Crippen molar-refractivity contribution in [1.82, 2.24) is 15.4 Å². The number of hydroxylamine groups is 1. The van der Waals surface area contributed by atoms with Crippen LogP contribution in [0.1, 0.15) is 42.2 Å². The van der Waals surface area contributed by atoms with Gasteiger partial charge in [-0.25, -0.2) is 0 Å². The number of methoxy groups -OCH3 is 1. The maximum atomic E-state index is 11.6. The van der Waals surface area contributed by atoms with E-state index >= 15 is 0 Å². The number of piperidine rings is 1. The Morgan fingerprint density at radius 2 is 2.23 bits per heavy atom. The number of hydrogen-bond acceptors (Lipinski definition) is 7. The van der Waals surface area contributed by atoms with Crippen molar-refractivity contribution in [3.05, 3.63) is 58.4 Å². The molecular weight excluding hydrogens is 462 g/mol. The third-order valence-electron chi connectivity index (χ3n) is 6.79. The lowest BCUT2D eigenvalue weighted by Gasteiger charge is -2.38. The first kappa shape index (κ1) is 25.1. The van der Waals surface area contributed by atoms with Crippen molar-refractivity contribution < 1.29 is 19.8 Å². The van der Waals surface area contributed by atoms with E-state index in [0.717, 1.165) is 53.0 Å². The number of fused-ring (bicyclic) bond motifs is 1. The normalized spacial score (nSPS) is 19.1. The highest BCUT2D eigenvalue weighted by molar-refractivity contribution is 7.10. The van der Waals surface area contributed by atoms with Crippen LogP contribution in [0.4, 0.5) is 0 Å². The SMILES string of the molecule is COc1ccc2nccc([C@H](CC[C@@H]3CCN(CC#Cc4cccs4)C[C@@H]3CC(=O)O)NO)c2c1. The zero-order chi connectivity index (χ0) is 24.6. The number of nitrogens with one attached hydrogen (secondary N) is 1. The molecule has 0 spiro atoms. The topological polar surface area (TPSA) is 94.9 Å². The number of carbonyl (C=O) groups is 1. The molecule has 184 valence electrons. The summed E-state index contributed by atoms with van der Waals surface area (Å²) < 4.78 is 5.38. The molecule has 35 heavy (non-hydrogen) atoms. The monoisotopic (exact) mass is 493 g/mol. The van der Waals surface area contributed by atoms with E-state index in [0.29, 0.717) is 13.0 Å². The summed E-state index contributed by atoms with van der Waals surface area (Å²) in [5.74, 6) is 6.71. The minimum atomic E-state index is -0.768. The van der Waals surface area contributed by atoms with Gasteiger partial charge >= 0.3 is 5.97 Å². The molecule has 1 aliphatic rings. The minimum absolute atomic E-state index is 0.0541. The smallest absolute Gasteiger partial charge is 0.303 e. The maximum Gasteiger partial charge on any atom is 0.303 e. The van der Waals surface area contributed by atoms with Crippen LogP contribution < -0.4 is 10.2 Å². The Morgan fingerprint density at radius 1 is 1.34 bits per heavy atom. The van der Waals surface area contributed by atoms with Gasteiger partial charge in [0.25, 0.3) is 0 Å². The molecular formula is C27H31N3O4S. The minimum Gasteiger partial charge on any atom is -0.497 e. The number of ether oxygens (including phenoxy) is 1. The van der Waals surface area contributed by atoms with Crippen LogP contribution in [0, 0.1) is 23.7 Å². The third kappa shape index (κ3) is 6.59. The van der Waals surface area contributed by atoms with Crippen molar-refractivity contribution in [2.75, 3.05) is 26.7 Å². The van der Waals surface area contributed by atoms with Gasteiger partial charge in [-0.1, -0.05) is 17.9 Å². The molecule has 2 aromatic heterocycles. The number of rotatable bonds is 9. The van der Waals surface area contributed by atoms with Gasteiger partial charge in [-0.3, -0.25) is 14.7 Å². The number of pyridine rings is 1. The average molecular weight is 494 g/mol. The molecule has 0 unspecified atom stereocenters. The second kappa shape index (κ2) is 12.1. The molecule has 0 aliphatic carbocycles. The predicted molar refractivity (Wildman–Crippen MR) is 137 cm³/mol. The van der Waals surface area contributed by atoms with E-state index in [-0.39, 0.29) is 24.3 Å². The lowest BCUT2D eigenvalue weighted by Crippen LogP contribution is -2.41. The zero-order valence-electron chi connectivity index (χ0n) is 19.8. The van der Waals surface area contributed by atoms with E-state index in [4.69, 9.17) is 4.74 Å². The molecule has 0 saturated carbocycles. The fourth-order valence-electron chi connectivity index (χ4n) is 4.97. The fourth-order valence-corrected chi connectivity index (χ4v) is 5.56. The number of nitrogens with zero attached hydrogens (tertiary/aromatic N) is 2. The Balaban J connectivity index is 1.42. The molecule has 7 nitrogen and oxygen atoms in total. The molecule has 3 heterocycles. The van der Waals surface area contributed by atoms with Gasteiger partial charge in [0.05, 0.1) is 30.1 Å². The molecule has 3 atom stereocenters. The average Bonchev–Trinajstić information content (AvgIpc) is 3.38. The number of thiophene rings is 1. The van der Waals surface area contributed by atoms with Crippen molar-refractivity contribution >= 4 is 28.2 Å². The van der Waals surface area contributed by atoms with E-state index in [9.17, 15) is 15.1 Å². The largest absolute Gasteiger partial charge is 0.497 e. The van der Waals surface area contributed by atoms with Gasteiger partial charge < -0.3 is 15.1 Å². The summed E-state index contributed by atoms with van der Waals surface area (Å²) in [4.78, 5) is 19.3. The van der Waals surface area contributed by atoms with E-state index in [1.54, 1.807) is 24.6 Å². The van der Waals surface area contributed by atoms with E-state index in [2.05, 4.69) is 27.2 Å². The number of benzene rings is 1. The molecule has 1 aromatic carbocycles. The molecule has 4 rings (SSSR count). The van der Waals surface area contributed by atoms with Crippen LogP contribution >= 0.6 is 11.3 Å². The van der Waals surface area contributed by atoms with Crippen molar-refractivity contribution in [2.24, 2.45) is 11.8 Å². The lowest BCUT2D eigenvalue weighted by molar-refractivity contribution is -0.139. The van der Waals surface area contributed by atoms with Crippen molar-refractivity contribution in [3.63, 3.8) is 0 Å². The Hall–Kier alpha value is -2.96. The predicted octanol–water partition coefficient (Wildman–Crippen LogP) is 4.57. The summed E-state index contributed by atoms with van der Waals surface area (Å²) in [7, 11) is 1.63. The lowest BCUT2D eigenvalue weighted by atomic mass is 9.79. The number of carboxylic acids is 1. The molecule has 1 fully saturated rings. The molecule has 0 amide bonds. The first-order valence-corrected chi connectivity index (χ1v) is 12.7. The van der Waals surface area contributed by atoms with Gasteiger partial charge in [0.2, 0.25) is 0 Å². The van der Waals surface area contributed by atoms with Gasteiger partial charge in [-0.15, -0.1) is 11.3 Å². The summed E-state index contributed by atoms with van der Waals surface area (Å²) in [5.41, 5.74) is 4.27. The third-order valence-corrected chi connectivity index (χ3v) is 7.57. The first-order chi connectivity index (χ1) is 17.1. The van der Waals surface area contributed by atoms with Crippen LogP contribution in [0.5, 0.6) is 5.75 Å². The standard InChI is InChI=1S/C27H31N3O4S/c1-34-21-7-9-25-24(17-21)23(10-12-28-25)26(29-33)8-6-19-11-14-30(18-20(19)16-27(31)32)13-2-4-22-5-3-15-35-22/h3,5,7,9-10,12,15,17,19-20,26,29,33H,6,8,11,13-14,16,18H2,1H3,(H,31,32)/t19-,20+,26+/m1/s1. The molecule has 0 bridgehead atoms. The van der Waals surface area contributed by atoms with Gasteiger partial charge in [-0.2, -0.15) is 5.48 Å². The highest BCUT2D eigenvalue weighted by Crippen LogP contribution is 2.34. The van der Waals surface area contributed by atoms with E-state index < -0.39 is 5.97 Å². The Morgan fingerprint density at radius 3 is 2.97 bits per heavy atom. The number of carboxylic acid groups (broad SMARTS) is 1. The Kier molecular flexibility index (Phi) is 8.72. The second-order valence-electron chi connectivity index (χ2n) is 8.96. The quantitative estimate of drug-likeness (QED) is 0.297. The maximum absolute atomic E-state index is 11.6. The highest BCUT2D eigenvalue weighted by Gasteiger charge is 2.31. The first-order valence-electron chi connectivity index (χ1n) is 11.9. The van der Waals surface area contributed by atoms with Crippen LogP contribution in [0.25, 0.3) is 10.9 Å². The Labute approximate surface area is 209 Å². The van der Waals surface area contributed by atoms with Gasteiger partial charge in [0, 0.05) is 24.5 Å².